The highest BCUT2D eigenvalue weighted by Gasteiger charge is 2.25. The quantitative estimate of drug-likeness (QED) is 0.559. The van der Waals surface area contributed by atoms with Crippen LogP contribution in [0.1, 0.15) is 5.76 Å². The molecule has 0 spiro atoms. The lowest BCUT2D eigenvalue weighted by Gasteiger charge is -2.18. The van der Waals surface area contributed by atoms with Crippen molar-refractivity contribution in [3.05, 3.63) is 96.4 Å². The average Bonchev–Trinajstić information content (AvgIpc) is 2.75. The number of hydrogen-bond acceptors (Lipinski definition) is 2. The highest BCUT2D eigenvalue weighted by atomic mass is 16.5. The molecule has 27 heavy (non-hydrogen) atoms. The van der Waals surface area contributed by atoms with E-state index in [1.54, 1.807) is 0 Å². The van der Waals surface area contributed by atoms with Gasteiger partial charge in [0.15, 0.2) is 0 Å². The van der Waals surface area contributed by atoms with Crippen molar-refractivity contribution in [3.63, 3.8) is 0 Å². The third-order valence-electron chi connectivity index (χ3n) is 4.53. The van der Waals surface area contributed by atoms with E-state index in [0.717, 1.165) is 39.7 Å². The summed E-state index contributed by atoms with van der Waals surface area (Å²) in [6.45, 7) is 0.533. The molecule has 0 atom stereocenters. The van der Waals surface area contributed by atoms with Crippen LogP contribution in [0.2, 0.25) is 0 Å². The topological polar surface area (TPSA) is 23.8 Å². The van der Waals surface area contributed by atoms with Crippen LogP contribution in [-0.4, -0.2) is 25.6 Å². The lowest BCUT2D eigenvalue weighted by atomic mass is 10.0. The Hall–Kier alpha value is -3.33. The van der Waals surface area contributed by atoms with Crippen LogP contribution >= 0.6 is 0 Å². The van der Waals surface area contributed by atoms with E-state index in [1.807, 2.05) is 62.6 Å². The van der Waals surface area contributed by atoms with Crippen LogP contribution in [0.4, 0.5) is 0 Å². The molecule has 2 heterocycles. The second-order valence-corrected chi connectivity index (χ2v) is 6.65. The third kappa shape index (κ3) is 3.77. The SMILES string of the molecule is CN(C)C1=CCOC(c2cc(-c3ccccc3)cc(-c3ccccc3)[o+]2)=C1. The van der Waals surface area contributed by atoms with Crippen molar-refractivity contribution in [2.75, 3.05) is 20.7 Å². The number of rotatable bonds is 4. The summed E-state index contributed by atoms with van der Waals surface area (Å²) in [5.41, 5.74) is 4.39. The van der Waals surface area contributed by atoms with Gasteiger partial charge in [-0.2, -0.15) is 0 Å². The van der Waals surface area contributed by atoms with Crippen LogP contribution in [-0.2, 0) is 4.74 Å². The molecule has 0 aliphatic carbocycles. The highest BCUT2D eigenvalue weighted by molar-refractivity contribution is 5.73. The number of likely N-dealkylation sites (N-methyl/N-ethyl adjacent to an activating group) is 1. The van der Waals surface area contributed by atoms with Gasteiger partial charge in [0, 0.05) is 31.4 Å². The van der Waals surface area contributed by atoms with Crippen LogP contribution in [0.25, 0.3) is 28.2 Å². The molecule has 1 aliphatic rings. The van der Waals surface area contributed by atoms with Gasteiger partial charge >= 0.3 is 11.5 Å². The first kappa shape index (κ1) is 17.1. The second-order valence-electron chi connectivity index (χ2n) is 6.65. The van der Waals surface area contributed by atoms with Gasteiger partial charge < -0.3 is 9.64 Å². The van der Waals surface area contributed by atoms with Crippen molar-refractivity contribution in [1.29, 1.82) is 0 Å². The molecular weight excluding hydrogens is 334 g/mol. The standard InChI is InChI=1S/C24H22NO2/c1-25(2)21-13-14-26-23(17-21)24-16-20(18-9-5-3-6-10-18)15-22(27-24)19-11-7-4-8-12-19/h3-13,15-17H,14H2,1-2H3/q+1. The monoisotopic (exact) mass is 356 g/mol. The van der Waals surface area contributed by atoms with Crippen LogP contribution in [0.3, 0.4) is 0 Å². The first-order chi connectivity index (χ1) is 13.2. The Morgan fingerprint density at radius 1 is 0.778 bits per heavy atom. The number of ether oxygens (including phenoxy) is 1. The van der Waals surface area contributed by atoms with Gasteiger partial charge in [0.1, 0.15) is 6.61 Å². The Bertz CT molecular complexity index is 932. The molecule has 1 aromatic heterocycles. The lowest BCUT2D eigenvalue weighted by Crippen LogP contribution is -2.13. The molecule has 134 valence electrons. The summed E-state index contributed by atoms with van der Waals surface area (Å²) in [5.74, 6) is 2.29. The van der Waals surface area contributed by atoms with Gasteiger partial charge in [-0.1, -0.05) is 48.5 Å². The molecule has 0 amide bonds. The van der Waals surface area contributed by atoms with Gasteiger partial charge in [-0.05, 0) is 23.8 Å². The van der Waals surface area contributed by atoms with Crippen LogP contribution < -0.4 is 0 Å². The van der Waals surface area contributed by atoms with Crippen LogP contribution in [0.15, 0.2) is 95.1 Å². The van der Waals surface area contributed by atoms with Crippen molar-refractivity contribution < 1.29 is 9.15 Å². The molecule has 3 aromatic rings. The van der Waals surface area contributed by atoms with Crippen LogP contribution in [0, 0.1) is 0 Å². The molecule has 0 saturated carbocycles. The van der Waals surface area contributed by atoms with E-state index in [1.165, 1.54) is 0 Å². The van der Waals surface area contributed by atoms with E-state index in [4.69, 9.17) is 9.15 Å². The van der Waals surface area contributed by atoms with Gasteiger partial charge in [-0.25, -0.2) is 4.42 Å². The fourth-order valence-electron chi connectivity index (χ4n) is 3.07. The molecular formula is C24H22NO2+. The first-order valence-electron chi connectivity index (χ1n) is 9.02. The minimum atomic E-state index is 0.533. The van der Waals surface area contributed by atoms with Crippen molar-refractivity contribution in [1.82, 2.24) is 4.90 Å². The number of benzene rings is 2. The summed E-state index contributed by atoms with van der Waals surface area (Å²) in [6.07, 6.45) is 4.08. The summed E-state index contributed by atoms with van der Waals surface area (Å²) in [4.78, 5) is 2.07. The molecule has 2 aromatic carbocycles. The molecule has 0 radical (unpaired) electrons. The molecule has 0 N–H and O–H groups in total. The van der Waals surface area contributed by atoms with E-state index in [0.29, 0.717) is 6.61 Å². The molecule has 1 aliphatic heterocycles. The van der Waals surface area contributed by atoms with E-state index in [2.05, 4.69) is 41.3 Å². The zero-order valence-electron chi connectivity index (χ0n) is 15.6. The summed E-state index contributed by atoms with van der Waals surface area (Å²) in [6, 6.07) is 24.6. The molecule has 0 fully saturated rings. The van der Waals surface area contributed by atoms with E-state index in [9.17, 15) is 0 Å². The van der Waals surface area contributed by atoms with Gasteiger partial charge in [0.2, 0.25) is 5.76 Å². The Morgan fingerprint density at radius 3 is 2.07 bits per heavy atom. The van der Waals surface area contributed by atoms with E-state index >= 15 is 0 Å². The lowest BCUT2D eigenvalue weighted by molar-refractivity contribution is 0.295. The maximum atomic E-state index is 6.25. The van der Waals surface area contributed by atoms with Gasteiger partial charge in [-0.3, -0.25) is 0 Å². The largest absolute Gasteiger partial charge is 0.481 e. The second kappa shape index (κ2) is 7.50. The molecule has 0 unspecified atom stereocenters. The molecule has 4 rings (SSSR count). The van der Waals surface area contributed by atoms with E-state index in [-0.39, 0.29) is 0 Å². The summed E-state index contributed by atoms with van der Waals surface area (Å²) in [5, 5.41) is 0. The Balaban J connectivity index is 1.85. The van der Waals surface area contributed by atoms with Gasteiger partial charge in [0.05, 0.1) is 17.7 Å². The molecule has 3 nitrogen and oxygen atoms in total. The van der Waals surface area contributed by atoms with Crippen molar-refractivity contribution in [2.24, 2.45) is 0 Å². The predicted octanol–water partition coefficient (Wildman–Crippen LogP) is 5.71. The fraction of sp³-hybridized carbons (Fsp3) is 0.125. The first-order valence-corrected chi connectivity index (χ1v) is 9.02. The van der Waals surface area contributed by atoms with Crippen LogP contribution in [0.5, 0.6) is 0 Å². The normalized spacial score (nSPS) is 13.4. The Labute approximate surface area is 159 Å². The Morgan fingerprint density at radius 2 is 1.41 bits per heavy atom. The molecule has 3 heteroatoms. The minimum Gasteiger partial charge on any atom is -0.481 e. The van der Waals surface area contributed by atoms with E-state index < -0.39 is 0 Å². The summed E-state index contributed by atoms with van der Waals surface area (Å²) < 4.78 is 12.1. The zero-order valence-corrected chi connectivity index (χ0v) is 15.6. The number of nitrogens with zero attached hydrogens (tertiary/aromatic N) is 1. The maximum Gasteiger partial charge on any atom is 0.395 e. The van der Waals surface area contributed by atoms with Crippen molar-refractivity contribution in [3.8, 4) is 22.5 Å². The van der Waals surface area contributed by atoms with Gasteiger partial charge in [0.25, 0.3) is 0 Å². The Kier molecular flexibility index (Phi) is 4.75. The smallest absolute Gasteiger partial charge is 0.395 e. The minimum absolute atomic E-state index is 0.533. The molecule has 0 saturated heterocycles. The fourth-order valence-corrected chi connectivity index (χ4v) is 3.07. The summed E-state index contributed by atoms with van der Waals surface area (Å²) in [7, 11) is 4.05. The summed E-state index contributed by atoms with van der Waals surface area (Å²) >= 11 is 0. The average molecular weight is 356 g/mol. The van der Waals surface area contributed by atoms with Gasteiger partial charge in [-0.15, -0.1) is 0 Å². The van der Waals surface area contributed by atoms with Crippen molar-refractivity contribution >= 4 is 5.76 Å². The zero-order chi connectivity index (χ0) is 18.6. The maximum absolute atomic E-state index is 6.25. The third-order valence-corrected chi connectivity index (χ3v) is 4.53. The molecule has 0 bridgehead atoms. The number of hydrogen-bond donors (Lipinski definition) is 0. The highest BCUT2D eigenvalue weighted by Crippen LogP contribution is 2.32. The number of allylic oxidation sites excluding steroid dienone is 1. The predicted molar refractivity (Wildman–Crippen MR) is 110 cm³/mol. The van der Waals surface area contributed by atoms with Crippen molar-refractivity contribution in [2.45, 2.75) is 0 Å².